The van der Waals surface area contributed by atoms with Crippen LogP contribution in [0, 0.1) is 10.1 Å². The summed E-state index contributed by atoms with van der Waals surface area (Å²) in [6, 6.07) is 2.52. The van der Waals surface area contributed by atoms with Crippen molar-refractivity contribution in [3.63, 3.8) is 0 Å². The summed E-state index contributed by atoms with van der Waals surface area (Å²) in [6.07, 6.45) is -1.10. The van der Waals surface area contributed by atoms with E-state index in [0.717, 1.165) is 0 Å². The third-order valence-electron chi connectivity index (χ3n) is 1.77. The predicted octanol–water partition coefficient (Wildman–Crippen LogP) is 0.830. The summed E-state index contributed by atoms with van der Waals surface area (Å²) in [7, 11) is 1.25. The first-order chi connectivity index (χ1) is 7.04. The second-order valence-corrected chi connectivity index (χ2v) is 2.76. The molecular weight excluding hydrogens is 206 g/mol. The average Bonchev–Trinajstić information content (AvgIpc) is 2.61. The smallest absolute Gasteiger partial charge is 0.433 e. The highest BCUT2D eigenvalue weighted by Crippen LogP contribution is 2.17. The van der Waals surface area contributed by atoms with Gasteiger partial charge in [-0.05, 0) is 6.07 Å². The van der Waals surface area contributed by atoms with Crippen LogP contribution < -0.4 is 0 Å². The number of ether oxygens (including phenoxy) is 1. The van der Waals surface area contributed by atoms with Crippen molar-refractivity contribution in [3.8, 4) is 0 Å². The molecule has 0 saturated heterocycles. The maximum Gasteiger partial charge on any atom is 0.433 e. The molecule has 0 amide bonds. The van der Waals surface area contributed by atoms with Crippen LogP contribution >= 0.6 is 0 Å². The number of hydrogen-bond acceptors (Lipinski definition) is 5. The molecule has 0 radical (unpaired) electrons. The molecule has 1 unspecified atom stereocenters. The predicted molar refractivity (Wildman–Crippen MR) is 47.5 cm³/mol. The molecule has 7 nitrogen and oxygen atoms in total. The summed E-state index contributed by atoms with van der Waals surface area (Å²) in [5.41, 5.74) is 0. The minimum atomic E-state index is -1.14. The first-order valence-corrected chi connectivity index (χ1v) is 4.03. The number of hydrogen-bond donors (Lipinski definition) is 1. The SMILES string of the molecule is COC(Cc1ccc([N+](=O)[O-])o1)C(=O)O. The zero-order valence-electron chi connectivity index (χ0n) is 7.87. The fourth-order valence-electron chi connectivity index (χ4n) is 1.03. The molecule has 0 aliphatic heterocycles. The van der Waals surface area contributed by atoms with Gasteiger partial charge in [0.1, 0.15) is 10.7 Å². The van der Waals surface area contributed by atoms with Gasteiger partial charge < -0.3 is 14.3 Å². The topological polar surface area (TPSA) is 103 Å². The second kappa shape index (κ2) is 4.56. The van der Waals surface area contributed by atoms with Gasteiger partial charge in [0.05, 0.1) is 6.07 Å². The Bertz CT molecular complexity index is 371. The molecule has 1 aromatic rings. The number of rotatable bonds is 5. The van der Waals surface area contributed by atoms with Crippen molar-refractivity contribution in [2.24, 2.45) is 0 Å². The van der Waals surface area contributed by atoms with Crippen LogP contribution in [-0.4, -0.2) is 29.2 Å². The Labute approximate surface area is 84.4 Å². The Kier molecular flexibility index (Phi) is 3.40. The van der Waals surface area contributed by atoms with E-state index in [1.807, 2.05) is 0 Å². The summed E-state index contributed by atoms with van der Waals surface area (Å²) >= 11 is 0. The fraction of sp³-hybridized carbons (Fsp3) is 0.375. The average molecular weight is 215 g/mol. The maximum absolute atomic E-state index is 10.6. The Morgan fingerprint density at radius 2 is 2.40 bits per heavy atom. The third kappa shape index (κ3) is 2.78. The van der Waals surface area contributed by atoms with Crippen molar-refractivity contribution in [2.45, 2.75) is 12.5 Å². The van der Waals surface area contributed by atoms with E-state index >= 15 is 0 Å². The highest BCUT2D eigenvalue weighted by atomic mass is 16.6. The largest absolute Gasteiger partial charge is 0.479 e. The Hall–Kier alpha value is -1.89. The monoisotopic (exact) mass is 215 g/mol. The van der Waals surface area contributed by atoms with Gasteiger partial charge in [0.2, 0.25) is 0 Å². The van der Waals surface area contributed by atoms with E-state index in [1.165, 1.54) is 19.2 Å². The lowest BCUT2D eigenvalue weighted by atomic mass is 10.2. The summed E-state index contributed by atoms with van der Waals surface area (Å²) < 4.78 is 9.44. The van der Waals surface area contributed by atoms with Gasteiger partial charge in [-0.25, -0.2) is 4.79 Å². The molecular formula is C8H9NO6. The van der Waals surface area contributed by atoms with E-state index in [0.29, 0.717) is 0 Å². The molecule has 1 aromatic heterocycles. The van der Waals surface area contributed by atoms with E-state index < -0.39 is 22.9 Å². The highest BCUT2D eigenvalue weighted by molar-refractivity contribution is 5.72. The number of carboxylic acids is 1. The number of furan rings is 1. The Morgan fingerprint density at radius 1 is 1.73 bits per heavy atom. The van der Waals surface area contributed by atoms with Gasteiger partial charge in [-0.1, -0.05) is 0 Å². The van der Waals surface area contributed by atoms with Crippen molar-refractivity contribution in [3.05, 3.63) is 28.0 Å². The summed E-state index contributed by atoms with van der Waals surface area (Å²) in [5.74, 6) is -1.35. The third-order valence-corrected chi connectivity index (χ3v) is 1.77. The van der Waals surface area contributed by atoms with E-state index in [-0.39, 0.29) is 12.2 Å². The Morgan fingerprint density at radius 3 is 2.80 bits per heavy atom. The van der Waals surface area contributed by atoms with Crippen LogP contribution in [0.25, 0.3) is 0 Å². The molecule has 0 saturated carbocycles. The van der Waals surface area contributed by atoms with Crippen LogP contribution in [0.2, 0.25) is 0 Å². The van der Waals surface area contributed by atoms with Gasteiger partial charge >= 0.3 is 11.9 Å². The van der Waals surface area contributed by atoms with Crippen molar-refractivity contribution in [1.29, 1.82) is 0 Å². The molecule has 7 heteroatoms. The highest BCUT2D eigenvalue weighted by Gasteiger charge is 2.20. The fourth-order valence-corrected chi connectivity index (χ4v) is 1.03. The van der Waals surface area contributed by atoms with Gasteiger partial charge in [-0.3, -0.25) is 10.1 Å². The van der Waals surface area contributed by atoms with Crippen LogP contribution in [0.15, 0.2) is 16.5 Å². The first kappa shape index (κ1) is 11.2. The molecule has 0 aliphatic rings. The molecule has 82 valence electrons. The number of nitro groups is 1. The standard InChI is InChI=1S/C8H9NO6/c1-14-6(8(10)11)4-5-2-3-7(15-5)9(12)13/h2-3,6H,4H2,1H3,(H,10,11). The minimum Gasteiger partial charge on any atom is -0.479 e. The van der Waals surface area contributed by atoms with Gasteiger partial charge in [-0.15, -0.1) is 0 Å². The zero-order chi connectivity index (χ0) is 11.4. The number of methoxy groups -OCH3 is 1. The van der Waals surface area contributed by atoms with Crippen molar-refractivity contribution in [1.82, 2.24) is 0 Å². The number of aliphatic carboxylic acids is 1. The van der Waals surface area contributed by atoms with E-state index in [9.17, 15) is 14.9 Å². The molecule has 0 aliphatic carbocycles. The maximum atomic E-state index is 10.6. The molecule has 15 heavy (non-hydrogen) atoms. The van der Waals surface area contributed by atoms with Gasteiger partial charge in [0.25, 0.3) is 0 Å². The number of carbonyl (C=O) groups is 1. The lowest BCUT2D eigenvalue weighted by molar-refractivity contribution is -0.402. The summed E-state index contributed by atoms with van der Waals surface area (Å²) in [4.78, 5) is 20.2. The molecule has 1 rings (SSSR count). The van der Waals surface area contributed by atoms with Crippen LogP contribution in [0.3, 0.4) is 0 Å². The molecule has 1 atom stereocenters. The van der Waals surface area contributed by atoms with Crippen molar-refractivity contribution < 1.29 is 24.0 Å². The van der Waals surface area contributed by atoms with Gasteiger partial charge in [0.15, 0.2) is 6.10 Å². The lowest BCUT2D eigenvalue weighted by Crippen LogP contribution is -2.24. The van der Waals surface area contributed by atoms with E-state index in [1.54, 1.807) is 0 Å². The summed E-state index contributed by atoms with van der Waals surface area (Å²) in [6.45, 7) is 0. The number of carboxylic acid groups (broad SMARTS) is 1. The molecule has 0 fully saturated rings. The van der Waals surface area contributed by atoms with Gasteiger partial charge in [-0.2, -0.15) is 0 Å². The summed E-state index contributed by atoms with van der Waals surface area (Å²) in [5, 5.41) is 18.9. The van der Waals surface area contributed by atoms with Crippen molar-refractivity contribution >= 4 is 11.9 Å². The molecule has 1 N–H and O–H groups in total. The van der Waals surface area contributed by atoms with Crippen LogP contribution in [0.4, 0.5) is 5.88 Å². The van der Waals surface area contributed by atoms with Crippen LogP contribution in [0.5, 0.6) is 0 Å². The molecule has 0 spiro atoms. The van der Waals surface area contributed by atoms with E-state index in [2.05, 4.69) is 4.74 Å². The van der Waals surface area contributed by atoms with Gasteiger partial charge in [0, 0.05) is 13.5 Å². The van der Waals surface area contributed by atoms with Crippen molar-refractivity contribution in [2.75, 3.05) is 7.11 Å². The quantitative estimate of drug-likeness (QED) is 0.576. The molecule has 0 bridgehead atoms. The lowest BCUT2D eigenvalue weighted by Gasteiger charge is -2.06. The second-order valence-electron chi connectivity index (χ2n) is 2.76. The normalized spacial score (nSPS) is 12.3. The minimum absolute atomic E-state index is 0.0420. The first-order valence-electron chi connectivity index (χ1n) is 4.03. The Balaban J connectivity index is 2.71. The number of nitrogens with zero attached hydrogens (tertiary/aromatic N) is 1. The van der Waals surface area contributed by atoms with Crippen LogP contribution in [0.1, 0.15) is 5.76 Å². The molecule has 0 aromatic carbocycles. The van der Waals surface area contributed by atoms with E-state index in [4.69, 9.17) is 9.52 Å². The zero-order valence-corrected chi connectivity index (χ0v) is 7.87. The molecule has 1 heterocycles. The van der Waals surface area contributed by atoms with Crippen LogP contribution in [-0.2, 0) is 16.0 Å².